The Labute approximate surface area is 127 Å². The van der Waals surface area contributed by atoms with Crippen molar-refractivity contribution in [2.45, 2.75) is 32.4 Å². The van der Waals surface area contributed by atoms with Crippen molar-refractivity contribution >= 4 is 5.91 Å². The average molecular weight is 299 g/mol. The fourth-order valence-corrected chi connectivity index (χ4v) is 3.06. The van der Waals surface area contributed by atoms with E-state index in [4.69, 9.17) is 4.74 Å². The number of piperazine rings is 1. The molecule has 2 rings (SSSR count). The third-order valence-corrected chi connectivity index (χ3v) is 4.25. The molecule has 6 heteroatoms. The lowest BCUT2D eigenvalue weighted by atomic mass is 10.1. The predicted molar refractivity (Wildman–Crippen MR) is 81.2 cm³/mol. The first-order valence-corrected chi connectivity index (χ1v) is 7.92. The highest BCUT2D eigenvalue weighted by Gasteiger charge is 2.30. The van der Waals surface area contributed by atoms with Crippen molar-refractivity contribution in [1.29, 1.82) is 0 Å². The number of morpholine rings is 1. The van der Waals surface area contributed by atoms with Crippen LogP contribution in [-0.4, -0.2) is 96.4 Å². The summed E-state index contributed by atoms with van der Waals surface area (Å²) >= 11 is 0. The molecular formula is C15H29N3O3. The molecule has 0 aromatic rings. The number of amides is 1. The standard InChI is InChI=1S/C15H29N3O3/c1-13(14(19)18-8-10-21-11-9-18)17-6-4-16(5-7-17)12-15(2,3)20/h13,20H,4-12H2,1-3H3. The van der Waals surface area contributed by atoms with Crippen molar-refractivity contribution in [3.63, 3.8) is 0 Å². The third kappa shape index (κ3) is 4.92. The van der Waals surface area contributed by atoms with E-state index in [2.05, 4.69) is 9.80 Å². The van der Waals surface area contributed by atoms with Gasteiger partial charge in [-0.25, -0.2) is 0 Å². The Morgan fingerprint density at radius 1 is 1.14 bits per heavy atom. The molecule has 21 heavy (non-hydrogen) atoms. The Hall–Kier alpha value is -0.690. The number of ether oxygens (including phenoxy) is 1. The summed E-state index contributed by atoms with van der Waals surface area (Å²) in [5, 5.41) is 9.88. The number of carbonyl (C=O) groups is 1. The van der Waals surface area contributed by atoms with Gasteiger partial charge >= 0.3 is 0 Å². The predicted octanol–water partition coefficient (Wildman–Crippen LogP) is -0.378. The second kappa shape index (κ2) is 7.05. The van der Waals surface area contributed by atoms with E-state index in [-0.39, 0.29) is 11.9 Å². The second-order valence-corrected chi connectivity index (χ2v) is 6.74. The number of nitrogens with zero attached hydrogens (tertiary/aromatic N) is 3. The monoisotopic (exact) mass is 299 g/mol. The van der Waals surface area contributed by atoms with Crippen LogP contribution in [0.25, 0.3) is 0 Å². The molecule has 0 aliphatic carbocycles. The minimum absolute atomic E-state index is 0.0626. The third-order valence-electron chi connectivity index (χ3n) is 4.25. The molecule has 2 heterocycles. The fourth-order valence-electron chi connectivity index (χ4n) is 3.06. The van der Waals surface area contributed by atoms with Crippen LogP contribution in [0, 0.1) is 0 Å². The first-order chi connectivity index (χ1) is 9.87. The normalized spacial score (nSPS) is 24.1. The van der Waals surface area contributed by atoms with Gasteiger partial charge in [0.15, 0.2) is 0 Å². The van der Waals surface area contributed by atoms with Gasteiger partial charge in [0, 0.05) is 45.8 Å². The zero-order chi connectivity index (χ0) is 15.5. The van der Waals surface area contributed by atoms with E-state index in [0.29, 0.717) is 32.8 Å². The summed E-state index contributed by atoms with van der Waals surface area (Å²) in [7, 11) is 0. The van der Waals surface area contributed by atoms with Crippen LogP contribution < -0.4 is 0 Å². The van der Waals surface area contributed by atoms with Crippen LogP contribution >= 0.6 is 0 Å². The van der Waals surface area contributed by atoms with Crippen LogP contribution in [0.1, 0.15) is 20.8 Å². The van der Waals surface area contributed by atoms with Gasteiger partial charge in [-0.05, 0) is 20.8 Å². The smallest absolute Gasteiger partial charge is 0.239 e. The zero-order valence-electron chi connectivity index (χ0n) is 13.5. The summed E-state index contributed by atoms with van der Waals surface area (Å²) in [6.45, 7) is 12.7. The quantitative estimate of drug-likeness (QED) is 0.767. The number of rotatable bonds is 4. The number of aliphatic hydroxyl groups is 1. The highest BCUT2D eigenvalue weighted by Crippen LogP contribution is 2.12. The van der Waals surface area contributed by atoms with Gasteiger partial charge in [0.05, 0.1) is 24.9 Å². The summed E-state index contributed by atoms with van der Waals surface area (Å²) in [5.74, 6) is 0.217. The Kier molecular flexibility index (Phi) is 5.60. The SMILES string of the molecule is CC(C(=O)N1CCOCC1)N1CCN(CC(C)(C)O)CC1. The van der Waals surface area contributed by atoms with E-state index >= 15 is 0 Å². The summed E-state index contributed by atoms with van der Waals surface area (Å²) in [4.78, 5) is 18.9. The number of carbonyl (C=O) groups excluding carboxylic acids is 1. The molecule has 0 spiro atoms. The fraction of sp³-hybridized carbons (Fsp3) is 0.933. The van der Waals surface area contributed by atoms with Gasteiger partial charge in [-0.15, -0.1) is 0 Å². The Morgan fingerprint density at radius 2 is 1.71 bits per heavy atom. The van der Waals surface area contributed by atoms with E-state index < -0.39 is 5.60 Å². The Bertz CT molecular complexity index is 343. The summed E-state index contributed by atoms with van der Waals surface area (Å²) in [6.07, 6.45) is 0. The van der Waals surface area contributed by atoms with E-state index in [1.165, 1.54) is 0 Å². The van der Waals surface area contributed by atoms with Gasteiger partial charge in [0.25, 0.3) is 0 Å². The van der Waals surface area contributed by atoms with Crippen LogP contribution in [0.2, 0.25) is 0 Å². The maximum atomic E-state index is 12.5. The molecule has 0 radical (unpaired) electrons. The van der Waals surface area contributed by atoms with Crippen LogP contribution in [0.3, 0.4) is 0 Å². The van der Waals surface area contributed by atoms with Crippen molar-refractivity contribution < 1.29 is 14.6 Å². The first kappa shape index (κ1) is 16.7. The molecule has 122 valence electrons. The Morgan fingerprint density at radius 3 is 2.24 bits per heavy atom. The van der Waals surface area contributed by atoms with Crippen molar-refractivity contribution in [3.8, 4) is 0 Å². The van der Waals surface area contributed by atoms with Crippen LogP contribution in [0.15, 0.2) is 0 Å². The lowest BCUT2D eigenvalue weighted by Crippen LogP contribution is -2.57. The number of hydrogen-bond acceptors (Lipinski definition) is 5. The molecule has 2 fully saturated rings. The van der Waals surface area contributed by atoms with E-state index in [1.807, 2.05) is 25.7 Å². The molecule has 0 aromatic heterocycles. The topological polar surface area (TPSA) is 56.2 Å². The highest BCUT2D eigenvalue weighted by molar-refractivity contribution is 5.81. The second-order valence-electron chi connectivity index (χ2n) is 6.74. The zero-order valence-corrected chi connectivity index (χ0v) is 13.5. The molecule has 2 saturated heterocycles. The lowest BCUT2D eigenvalue weighted by molar-refractivity contribution is -0.141. The maximum absolute atomic E-state index is 12.5. The highest BCUT2D eigenvalue weighted by atomic mass is 16.5. The van der Waals surface area contributed by atoms with Crippen LogP contribution in [0.4, 0.5) is 0 Å². The van der Waals surface area contributed by atoms with Gasteiger partial charge in [0.2, 0.25) is 5.91 Å². The first-order valence-electron chi connectivity index (χ1n) is 7.92. The van der Waals surface area contributed by atoms with Crippen molar-refractivity contribution in [1.82, 2.24) is 14.7 Å². The molecular weight excluding hydrogens is 270 g/mol. The van der Waals surface area contributed by atoms with Gasteiger partial charge in [-0.2, -0.15) is 0 Å². The molecule has 1 N–H and O–H groups in total. The molecule has 0 saturated carbocycles. The van der Waals surface area contributed by atoms with Gasteiger partial charge in [-0.1, -0.05) is 0 Å². The van der Waals surface area contributed by atoms with Crippen LogP contribution in [-0.2, 0) is 9.53 Å². The molecule has 2 aliphatic rings. The van der Waals surface area contributed by atoms with Crippen molar-refractivity contribution in [2.24, 2.45) is 0 Å². The van der Waals surface area contributed by atoms with Crippen molar-refractivity contribution in [3.05, 3.63) is 0 Å². The lowest BCUT2D eigenvalue weighted by Gasteiger charge is -2.40. The average Bonchev–Trinajstić information content (AvgIpc) is 2.46. The van der Waals surface area contributed by atoms with Gasteiger partial charge in [-0.3, -0.25) is 14.6 Å². The number of β-amino-alcohol motifs (C(OH)–C–C–N with tert-alkyl or cyclic N) is 1. The van der Waals surface area contributed by atoms with Gasteiger partial charge < -0.3 is 14.7 Å². The molecule has 0 bridgehead atoms. The number of hydrogen-bond donors (Lipinski definition) is 1. The van der Waals surface area contributed by atoms with E-state index in [0.717, 1.165) is 26.2 Å². The minimum atomic E-state index is -0.655. The molecule has 0 aromatic carbocycles. The molecule has 1 unspecified atom stereocenters. The summed E-state index contributed by atoms with van der Waals surface area (Å²) < 4.78 is 5.30. The van der Waals surface area contributed by atoms with Crippen molar-refractivity contribution in [2.75, 3.05) is 59.0 Å². The van der Waals surface area contributed by atoms with E-state index in [1.54, 1.807) is 0 Å². The molecule has 1 atom stereocenters. The van der Waals surface area contributed by atoms with E-state index in [9.17, 15) is 9.90 Å². The maximum Gasteiger partial charge on any atom is 0.239 e. The summed E-state index contributed by atoms with van der Waals surface area (Å²) in [6, 6.07) is -0.0626. The Balaban J connectivity index is 1.79. The minimum Gasteiger partial charge on any atom is -0.389 e. The molecule has 2 aliphatic heterocycles. The van der Waals surface area contributed by atoms with Crippen LogP contribution in [0.5, 0.6) is 0 Å². The molecule has 6 nitrogen and oxygen atoms in total. The summed E-state index contributed by atoms with van der Waals surface area (Å²) in [5.41, 5.74) is -0.655. The largest absolute Gasteiger partial charge is 0.389 e. The van der Waals surface area contributed by atoms with Gasteiger partial charge in [0.1, 0.15) is 0 Å². The molecule has 1 amide bonds.